The van der Waals surface area contributed by atoms with E-state index in [-0.39, 0.29) is 11.5 Å². The third-order valence-corrected chi connectivity index (χ3v) is 3.01. The summed E-state index contributed by atoms with van der Waals surface area (Å²) in [7, 11) is 1.55. The van der Waals surface area contributed by atoms with Crippen molar-refractivity contribution in [3.8, 4) is 0 Å². The first-order chi connectivity index (χ1) is 8.99. The summed E-state index contributed by atoms with van der Waals surface area (Å²) < 4.78 is 0. The van der Waals surface area contributed by atoms with Gasteiger partial charge in [0.25, 0.3) is 0 Å². The van der Waals surface area contributed by atoms with Gasteiger partial charge in [-0.1, -0.05) is 31.9 Å². The summed E-state index contributed by atoms with van der Waals surface area (Å²) >= 11 is 0. The molecule has 104 valence electrons. The van der Waals surface area contributed by atoms with Crippen LogP contribution >= 0.6 is 0 Å². The Labute approximate surface area is 113 Å². The first-order valence-electron chi connectivity index (χ1n) is 6.34. The number of carboxylic acids is 1. The van der Waals surface area contributed by atoms with E-state index >= 15 is 0 Å². The summed E-state index contributed by atoms with van der Waals surface area (Å²) in [5.74, 6) is -1.32. The standard InChI is InChI=1S/C14H20N2O3/c1-3-4-8-11(15)13(17)16(2)12-9-6-5-7-10(12)14(18)19/h5-7,9,11H,3-4,8,15H2,1-2H3,(H,18,19). The molecule has 0 bridgehead atoms. The molecule has 1 atom stereocenters. The lowest BCUT2D eigenvalue weighted by atomic mass is 10.1. The van der Waals surface area contributed by atoms with Gasteiger partial charge in [0.1, 0.15) is 0 Å². The lowest BCUT2D eigenvalue weighted by molar-refractivity contribution is -0.119. The molecule has 0 heterocycles. The largest absolute Gasteiger partial charge is 0.478 e. The van der Waals surface area contributed by atoms with E-state index in [1.807, 2.05) is 6.92 Å². The number of benzene rings is 1. The van der Waals surface area contributed by atoms with Crippen molar-refractivity contribution in [1.29, 1.82) is 0 Å². The summed E-state index contributed by atoms with van der Waals surface area (Å²) in [6.07, 6.45) is 2.45. The van der Waals surface area contributed by atoms with Gasteiger partial charge in [-0.25, -0.2) is 4.79 Å². The average molecular weight is 264 g/mol. The maximum absolute atomic E-state index is 12.1. The number of aromatic carboxylic acids is 1. The van der Waals surface area contributed by atoms with E-state index in [1.165, 1.54) is 11.0 Å². The Balaban J connectivity index is 2.91. The number of hydrogen-bond donors (Lipinski definition) is 2. The molecule has 5 nitrogen and oxygen atoms in total. The molecule has 0 aliphatic rings. The van der Waals surface area contributed by atoms with Crippen LogP contribution in [0.25, 0.3) is 0 Å². The molecule has 0 spiro atoms. The normalized spacial score (nSPS) is 11.9. The zero-order chi connectivity index (χ0) is 14.4. The maximum Gasteiger partial charge on any atom is 0.337 e. The maximum atomic E-state index is 12.1. The van der Waals surface area contributed by atoms with Gasteiger partial charge in [-0.15, -0.1) is 0 Å². The van der Waals surface area contributed by atoms with Crippen molar-refractivity contribution in [2.24, 2.45) is 5.73 Å². The van der Waals surface area contributed by atoms with Gasteiger partial charge in [-0.2, -0.15) is 0 Å². The van der Waals surface area contributed by atoms with Gasteiger partial charge < -0.3 is 15.7 Å². The Morgan fingerprint density at radius 3 is 2.58 bits per heavy atom. The van der Waals surface area contributed by atoms with E-state index in [0.29, 0.717) is 12.1 Å². The highest BCUT2D eigenvalue weighted by molar-refractivity contribution is 6.03. The van der Waals surface area contributed by atoms with E-state index < -0.39 is 12.0 Å². The number of para-hydroxylation sites is 1. The Bertz CT molecular complexity index is 460. The zero-order valence-electron chi connectivity index (χ0n) is 11.3. The molecule has 0 aliphatic heterocycles. The summed E-state index contributed by atoms with van der Waals surface area (Å²) in [5, 5.41) is 9.11. The third-order valence-electron chi connectivity index (χ3n) is 3.01. The fourth-order valence-corrected chi connectivity index (χ4v) is 1.86. The number of likely N-dealkylation sites (N-methyl/N-ethyl adjacent to an activating group) is 1. The van der Waals surface area contributed by atoms with Crippen molar-refractivity contribution in [2.75, 3.05) is 11.9 Å². The number of hydrogen-bond acceptors (Lipinski definition) is 3. The predicted molar refractivity (Wildman–Crippen MR) is 74.3 cm³/mol. The van der Waals surface area contributed by atoms with Crippen molar-refractivity contribution in [2.45, 2.75) is 32.2 Å². The minimum atomic E-state index is -1.06. The van der Waals surface area contributed by atoms with Crippen LogP contribution in [0.15, 0.2) is 24.3 Å². The summed E-state index contributed by atoms with van der Waals surface area (Å²) in [6.45, 7) is 2.03. The van der Waals surface area contributed by atoms with Crippen molar-refractivity contribution in [3.63, 3.8) is 0 Å². The van der Waals surface area contributed by atoms with Gasteiger partial charge in [-0.05, 0) is 18.6 Å². The number of unbranched alkanes of at least 4 members (excludes halogenated alkanes) is 1. The van der Waals surface area contributed by atoms with Crippen molar-refractivity contribution in [1.82, 2.24) is 0 Å². The smallest absolute Gasteiger partial charge is 0.337 e. The number of carboxylic acid groups (broad SMARTS) is 1. The zero-order valence-corrected chi connectivity index (χ0v) is 11.3. The molecule has 0 saturated carbocycles. The quantitative estimate of drug-likeness (QED) is 0.821. The second-order valence-corrected chi connectivity index (χ2v) is 4.47. The second kappa shape index (κ2) is 6.89. The Morgan fingerprint density at radius 1 is 1.37 bits per heavy atom. The highest BCUT2D eigenvalue weighted by atomic mass is 16.4. The first-order valence-corrected chi connectivity index (χ1v) is 6.34. The first kappa shape index (κ1) is 15.2. The molecule has 0 aliphatic carbocycles. The average Bonchev–Trinajstić information content (AvgIpc) is 2.42. The van der Waals surface area contributed by atoms with Gasteiger partial charge in [0.15, 0.2) is 0 Å². The minimum Gasteiger partial charge on any atom is -0.478 e. The molecule has 5 heteroatoms. The molecule has 1 aromatic carbocycles. The summed E-state index contributed by atoms with van der Waals surface area (Å²) in [4.78, 5) is 24.6. The van der Waals surface area contributed by atoms with Crippen LogP contribution in [-0.4, -0.2) is 30.1 Å². The van der Waals surface area contributed by atoms with E-state index in [0.717, 1.165) is 12.8 Å². The molecular weight excluding hydrogens is 244 g/mol. The van der Waals surface area contributed by atoms with Crippen LogP contribution in [-0.2, 0) is 4.79 Å². The van der Waals surface area contributed by atoms with Crippen molar-refractivity contribution < 1.29 is 14.7 Å². The Hall–Kier alpha value is -1.88. The number of anilines is 1. The molecule has 0 fully saturated rings. The van der Waals surface area contributed by atoms with E-state index in [9.17, 15) is 9.59 Å². The topological polar surface area (TPSA) is 83.6 Å². The number of carbonyl (C=O) groups excluding carboxylic acids is 1. The van der Waals surface area contributed by atoms with Gasteiger partial charge in [-0.3, -0.25) is 4.79 Å². The predicted octanol–water partition coefficient (Wildman–Crippen LogP) is 1.87. The molecule has 1 unspecified atom stereocenters. The summed E-state index contributed by atoms with van der Waals surface area (Å²) in [6, 6.07) is 5.81. The SMILES string of the molecule is CCCCC(N)C(=O)N(C)c1ccccc1C(=O)O. The summed E-state index contributed by atoms with van der Waals surface area (Å²) in [5.41, 5.74) is 6.29. The third kappa shape index (κ3) is 3.79. The molecule has 0 aromatic heterocycles. The molecule has 0 saturated heterocycles. The number of carbonyl (C=O) groups is 2. The lowest BCUT2D eigenvalue weighted by Crippen LogP contribution is -2.42. The van der Waals surface area contributed by atoms with Gasteiger partial charge in [0.05, 0.1) is 17.3 Å². The molecule has 0 radical (unpaired) electrons. The van der Waals surface area contributed by atoms with Gasteiger partial charge in [0, 0.05) is 7.05 Å². The van der Waals surface area contributed by atoms with Crippen LogP contribution in [0, 0.1) is 0 Å². The van der Waals surface area contributed by atoms with Gasteiger partial charge >= 0.3 is 5.97 Å². The Morgan fingerprint density at radius 2 is 2.00 bits per heavy atom. The van der Waals surface area contributed by atoms with E-state index in [1.54, 1.807) is 25.2 Å². The van der Waals surface area contributed by atoms with Crippen molar-refractivity contribution in [3.05, 3.63) is 29.8 Å². The highest BCUT2D eigenvalue weighted by Gasteiger charge is 2.22. The second-order valence-electron chi connectivity index (χ2n) is 4.47. The van der Waals surface area contributed by atoms with Crippen LogP contribution in [0.1, 0.15) is 36.5 Å². The van der Waals surface area contributed by atoms with E-state index in [2.05, 4.69) is 0 Å². The number of nitrogens with two attached hydrogens (primary N) is 1. The number of rotatable bonds is 6. The minimum absolute atomic E-state index is 0.0982. The lowest BCUT2D eigenvalue weighted by Gasteiger charge is -2.22. The Kier molecular flexibility index (Phi) is 5.51. The van der Waals surface area contributed by atoms with Crippen LogP contribution in [0.3, 0.4) is 0 Å². The molecule has 3 N–H and O–H groups in total. The molecule has 1 rings (SSSR count). The molecule has 19 heavy (non-hydrogen) atoms. The van der Waals surface area contributed by atoms with Crippen LogP contribution in [0.4, 0.5) is 5.69 Å². The molecule has 1 amide bonds. The molecule has 1 aromatic rings. The van der Waals surface area contributed by atoms with Crippen LogP contribution in [0.2, 0.25) is 0 Å². The number of amides is 1. The fourth-order valence-electron chi connectivity index (χ4n) is 1.86. The van der Waals surface area contributed by atoms with Crippen molar-refractivity contribution >= 4 is 17.6 Å². The van der Waals surface area contributed by atoms with Crippen LogP contribution < -0.4 is 10.6 Å². The fraction of sp³-hybridized carbons (Fsp3) is 0.429. The highest BCUT2D eigenvalue weighted by Crippen LogP contribution is 2.20. The number of nitrogens with zero attached hydrogens (tertiary/aromatic N) is 1. The monoisotopic (exact) mass is 264 g/mol. The van der Waals surface area contributed by atoms with Crippen LogP contribution in [0.5, 0.6) is 0 Å². The van der Waals surface area contributed by atoms with Gasteiger partial charge in [0.2, 0.25) is 5.91 Å². The van der Waals surface area contributed by atoms with E-state index in [4.69, 9.17) is 10.8 Å². The molecular formula is C14H20N2O3.